The normalized spacial score (nSPS) is 16.2. The van der Waals surface area contributed by atoms with Crippen molar-refractivity contribution in [3.63, 3.8) is 0 Å². The fourth-order valence-corrected chi connectivity index (χ4v) is 0.373. The van der Waals surface area contributed by atoms with E-state index in [-0.39, 0.29) is 11.6 Å². The smallest absolute Gasteiger partial charge is 0.127 e. The van der Waals surface area contributed by atoms with Gasteiger partial charge in [0, 0.05) is 10.3 Å². The molecule has 1 aromatic heterocycles. The van der Waals surface area contributed by atoms with Crippen molar-refractivity contribution in [2.24, 2.45) is 0 Å². The van der Waals surface area contributed by atoms with Crippen molar-refractivity contribution < 1.29 is 4.11 Å². The summed E-state index contributed by atoms with van der Waals surface area (Å²) < 4.78 is 20.8. The van der Waals surface area contributed by atoms with Crippen molar-refractivity contribution in [2.75, 3.05) is 5.73 Å². The van der Waals surface area contributed by atoms with Gasteiger partial charge >= 0.3 is 0 Å². The zero-order valence-corrected chi connectivity index (χ0v) is 4.13. The molecule has 3 heteroatoms. The number of nitrogens with two attached hydrogens (primary N) is 1. The van der Waals surface area contributed by atoms with Crippen LogP contribution < -0.4 is 5.73 Å². The number of hydrogen-bond acceptors (Lipinski definition) is 3. The molecule has 0 aliphatic rings. The summed E-state index contributed by atoms with van der Waals surface area (Å²) in [6.07, 6.45) is 1.32. The lowest BCUT2D eigenvalue weighted by molar-refractivity contribution is 1.06. The van der Waals surface area contributed by atoms with Crippen LogP contribution in [0.25, 0.3) is 0 Å². The van der Waals surface area contributed by atoms with E-state index < -0.39 is 6.85 Å². The Hall–Kier alpha value is -1.12. The molecular weight excluding hydrogens is 102 g/mol. The minimum Gasteiger partial charge on any atom is -0.384 e. The third-order valence-corrected chi connectivity index (χ3v) is 0.677. The number of aryl methyl sites for hydroxylation is 1. The molecule has 0 aliphatic carbocycles. The van der Waals surface area contributed by atoms with Gasteiger partial charge < -0.3 is 5.73 Å². The van der Waals surface area contributed by atoms with E-state index >= 15 is 0 Å². The van der Waals surface area contributed by atoms with Gasteiger partial charge in [0.2, 0.25) is 0 Å². The predicted molar refractivity (Wildman–Crippen MR) is 31.2 cm³/mol. The first kappa shape index (κ1) is 2.44. The third kappa shape index (κ3) is 0.932. The van der Waals surface area contributed by atoms with Crippen LogP contribution in [0.1, 0.15) is 9.94 Å². The molecule has 0 aromatic carbocycles. The summed E-state index contributed by atoms with van der Waals surface area (Å²) in [5.74, 6) is -0.0383. The van der Waals surface area contributed by atoms with Gasteiger partial charge in [0.25, 0.3) is 0 Å². The Kier molecular flexibility index (Phi) is 0.541. The van der Waals surface area contributed by atoms with E-state index in [0.717, 1.165) is 0 Å². The second-order valence-corrected chi connectivity index (χ2v) is 1.31. The lowest BCUT2D eigenvalue weighted by atomic mass is 10.6. The lowest BCUT2D eigenvalue weighted by Gasteiger charge is -1.89. The number of nitrogen functional groups attached to an aromatic ring is 1. The largest absolute Gasteiger partial charge is 0.384 e. The molecule has 2 N–H and O–H groups in total. The first-order valence-corrected chi connectivity index (χ1v) is 2.09. The topological polar surface area (TPSA) is 51.8 Å². The maximum atomic E-state index is 6.92. The van der Waals surface area contributed by atoms with Gasteiger partial charge in [-0.3, -0.25) is 0 Å². The fourth-order valence-electron chi connectivity index (χ4n) is 0.373. The zero-order valence-electron chi connectivity index (χ0n) is 7.13. The molecule has 0 saturated heterocycles. The van der Waals surface area contributed by atoms with Crippen LogP contribution in [0.4, 0.5) is 5.82 Å². The molecule has 0 saturated carbocycles. The second kappa shape index (κ2) is 1.78. The number of anilines is 1. The second-order valence-electron chi connectivity index (χ2n) is 1.31. The highest BCUT2D eigenvalue weighted by molar-refractivity contribution is 5.24. The molecular formula is C5H7N3. The van der Waals surface area contributed by atoms with Gasteiger partial charge in [-0.15, -0.1) is 0 Å². The predicted octanol–water partition coefficient (Wildman–Crippen LogP) is 0.367. The fraction of sp³-hybridized carbons (Fsp3) is 0.200. The SMILES string of the molecule is [2H]C([2H])([2H])c1nccc(N)n1. The molecule has 8 heavy (non-hydrogen) atoms. The third-order valence-electron chi connectivity index (χ3n) is 0.677. The van der Waals surface area contributed by atoms with E-state index in [4.69, 9.17) is 9.85 Å². The molecule has 0 amide bonds. The summed E-state index contributed by atoms with van der Waals surface area (Å²) >= 11 is 0. The quantitative estimate of drug-likeness (QED) is 0.527. The van der Waals surface area contributed by atoms with E-state index in [2.05, 4.69) is 9.97 Å². The minimum atomic E-state index is -2.27. The summed E-state index contributed by atoms with van der Waals surface area (Å²) in [6.45, 7) is -2.27. The molecule has 0 fully saturated rings. The number of nitrogens with zero attached hydrogens (tertiary/aromatic N) is 2. The van der Waals surface area contributed by atoms with Crippen LogP contribution in [0, 0.1) is 6.85 Å². The van der Waals surface area contributed by atoms with Crippen LogP contribution in [0.5, 0.6) is 0 Å². The summed E-state index contributed by atoms with van der Waals surface area (Å²) in [5.41, 5.74) is 5.25. The molecule has 1 aromatic rings. The Balaban J connectivity index is 3.06. The highest BCUT2D eigenvalue weighted by Gasteiger charge is 1.83. The Labute approximate surface area is 51.8 Å². The van der Waals surface area contributed by atoms with Gasteiger partial charge in [-0.05, 0) is 12.9 Å². The van der Waals surface area contributed by atoms with Crippen LogP contribution in [-0.4, -0.2) is 9.97 Å². The monoisotopic (exact) mass is 112 g/mol. The zero-order chi connectivity index (χ0) is 8.48. The molecule has 0 aliphatic heterocycles. The number of rotatable bonds is 0. The molecule has 0 spiro atoms. The maximum absolute atomic E-state index is 6.92. The number of hydrogen-bond donors (Lipinski definition) is 1. The Morgan fingerprint density at radius 3 is 3.25 bits per heavy atom. The molecule has 42 valence electrons. The van der Waals surface area contributed by atoms with Gasteiger partial charge in [-0.1, -0.05) is 0 Å². The van der Waals surface area contributed by atoms with Crippen molar-refractivity contribution in [2.45, 2.75) is 6.85 Å². The summed E-state index contributed by atoms with van der Waals surface area (Å²) in [5, 5.41) is 0. The van der Waals surface area contributed by atoms with Crippen LogP contribution in [-0.2, 0) is 0 Å². The van der Waals surface area contributed by atoms with Crippen LogP contribution in [0.2, 0.25) is 0 Å². The molecule has 3 nitrogen and oxygen atoms in total. The average Bonchev–Trinajstić information content (AvgIpc) is 1.86. The van der Waals surface area contributed by atoms with Gasteiger partial charge in [-0.25, -0.2) is 9.97 Å². The van der Waals surface area contributed by atoms with Crippen molar-refractivity contribution >= 4 is 5.82 Å². The van der Waals surface area contributed by atoms with E-state index in [0.29, 0.717) is 0 Å². The molecule has 0 bridgehead atoms. The van der Waals surface area contributed by atoms with E-state index in [1.165, 1.54) is 12.3 Å². The molecule has 0 atom stereocenters. The van der Waals surface area contributed by atoms with Crippen molar-refractivity contribution in [1.29, 1.82) is 0 Å². The molecule has 0 radical (unpaired) electrons. The highest BCUT2D eigenvalue weighted by atomic mass is 14.9. The Morgan fingerprint density at radius 1 is 1.88 bits per heavy atom. The van der Waals surface area contributed by atoms with Gasteiger partial charge in [-0.2, -0.15) is 0 Å². The van der Waals surface area contributed by atoms with Gasteiger partial charge in [0.15, 0.2) is 0 Å². The maximum Gasteiger partial charge on any atom is 0.127 e. The van der Waals surface area contributed by atoms with Crippen LogP contribution in [0.15, 0.2) is 12.3 Å². The van der Waals surface area contributed by atoms with Crippen LogP contribution in [0.3, 0.4) is 0 Å². The average molecular weight is 112 g/mol. The minimum absolute atomic E-state index is 0.172. The standard InChI is InChI=1S/C5H7N3/c1-4-7-3-2-5(6)8-4/h2-3H,1H3,(H2,6,7,8)/i1D3. The first-order chi connectivity index (χ1) is 5.00. The summed E-state index contributed by atoms with van der Waals surface area (Å²) in [7, 11) is 0. The lowest BCUT2D eigenvalue weighted by Crippen LogP contribution is -1.92. The molecule has 1 rings (SSSR count). The van der Waals surface area contributed by atoms with Gasteiger partial charge in [0.05, 0.1) is 0 Å². The van der Waals surface area contributed by atoms with Crippen molar-refractivity contribution in [1.82, 2.24) is 9.97 Å². The van der Waals surface area contributed by atoms with Gasteiger partial charge in [0.1, 0.15) is 11.6 Å². The Morgan fingerprint density at radius 2 is 2.75 bits per heavy atom. The van der Waals surface area contributed by atoms with Crippen LogP contribution >= 0.6 is 0 Å². The van der Waals surface area contributed by atoms with E-state index in [1.54, 1.807) is 0 Å². The Bertz CT molecular complexity index is 257. The number of aromatic nitrogens is 2. The molecule has 0 unspecified atom stereocenters. The van der Waals surface area contributed by atoms with E-state index in [1.807, 2.05) is 0 Å². The summed E-state index contributed by atoms with van der Waals surface area (Å²) in [4.78, 5) is 7.11. The van der Waals surface area contributed by atoms with E-state index in [9.17, 15) is 0 Å². The first-order valence-electron chi connectivity index (χ1n) is 3.59. The summed E-state index contributed by atoms with van der Waals surface area (Å²) in [6, 6.07) is 1.44. The van der Waals surface area contributed by atoms with Crippen molar-refractivity contribution in [3.05, 3.63) is 18.1 Å². The molecule has 1 heterocycles. The highest BCUT2D eigenvalue weighted by Crippen LogP contribution is 1.92. The van der Waals surface area contributed by atoms with Crippen molar-refractivity contribution in [3.8, 4) is 0 Å².